The largest absolute Gasteiger partial charge is 0.477 e. The normalized spacial score (nSPS) is 11.8. The van der Waals surface area contributed by atoms with Crippen molar-refractivity contribution in [3.8, 4) is 0 Å². The molecule has 0 aliphatic rings. The predicted octanol–water partition coefficient (Wildman–Crippen LogP) is 3.21. The molecular weight excluding hydrogens is 313 g/mol. The van der Waals surface area contributed by atoms with Gasteiger partial charge in [-0.25, -0.2) is 9.78 Å². The fourth-order valence-electron chi connectivity index (χ4n) is 1.50. The Kier molecular flexibility index (Phi) is 4.41. The molecule has 0 atom stereocenters. The van der Waals surface area contributed by atoms with Crippen LogP contribution < -0.4 is 5.32 Å². The molecule has 0 fully saturated rings. The van der Waals surface area contributed by atoms with Crippen molar-refractivity contribution in [3.05, 3.63) is 38.0 Å². The monoisotopic (exact) mass is 322 g/mol. The Labute approximate surface area is 119 Å². The lowest BCUT2D eigenvalue weighted by atomic mass is 10.2. The van der Waals surface area contributed by atoms with Crippen molar-refractivity contribution >= 4 is 28.6 Å². The summed E-state index contributed by atoms with van der Waals surface area (Å²) in [6, 6.07) is 1.68. The van der Waals surface area contributed by atoms with Crippen LogP contribution in [0.1, 0.15) is 25.1 Å². The summed E-state index contributed by atoms with van der Waals surface area (Å²) in [6.45, 7) is 0.493. The van der Waals surface area contributed by atoms with Crippen LogP contribution in [0.3, 0.4) is 0 Å². The van der Waals surface area contributed by atoms with E-state index in [1.807, 2.05) is 0 Å². The van der Waals surface area contributed by atoms with Gasteiger partial charge in [0, 0.05) is 24.2 Å². The zero-order valence-corrected chi connectivity index (χ0v) is 11.5. The lowest BCUT2D eigenvalue weighted by Gasteiger charge is -2.02. The summed E-state index contributed by atoms with van der Waals surface area (Å²) in [6.07, 6.45) is -3.25. The molecule has 0 spiro atoms. The summed E-state index contributed by atoms with van der Waals surface area (Å²) in [4.78, 5) is 14.9. The number of nitrogens with one attached hydrogen (secondary N) is 1. The lowest BCUT2D eigenvalue weighted by molar-refractivity contribution is -0.137. The molecule has 0 saturated heterocycles. The molecule has 20 heavy (non-hydrogen) atoms. The first-order chi connectivity index (χ1) is 9.38. The van der Waals surface area contributed by atoms with Gasteiger partial charge in [0.15, 0.2) is 5.01 Å². The van der Waals surface area contributed by atoms with Crippen LogP contribution in [-0.4, -0.2) is 16.1 Å². The van der Waals surface area contributed by atoms with Gasteiger partial charge in [0.25, 0.3) is 0 Å². The topological polar surface area (TPSA) is 62.2 Å². The van der Waals surface area contributed by atoms with Crippen molar-refractivity contribution in [2.45, 2.75) is 19.3 Å². The minimum Gasteiger partial charge on any atom is -0.477 e. The van der Waals surface area contributed by atoms with E-state index in [2.05, 4.69) is 10.3 Å². The van der Waals surface area contributed by atoms with Gasteiger partial charge in [-0.3, -0.25) is 0 Å². The van der Waals surface area contributed by atoms with Crippen molar-refractivity contribution < 1.29 is 23.1 Å². The number of hydrogen-bond donors (Lipinski definition) is 2. The fraction of sp³-hybridized carbons (Fsp3) is 0.273. The molecule has 0 aromatic carbocycles. The minimum atomic E-state index is -4.42. The summed E-state index contributed by atoms with van der Waals surface area (Å²) in [5.74, 6) is -1.01. The number of carbonyl (C=O) groups is 1. The summed E-state index contributed by atoms with van der Waals surface area (Å²) >= 11 is 1.69. The SMILES string of the molecule is O=C(O)c1sccc1CNCc1cnc(C(F)(F)F)s1. The van der Waals surface area contributed by atoms with E-state index >= 15 is 0 Å². The number of aromatic nitrogens is 1. The first-order valence-electron chi connectivity index (χ1n) is 5.40. The number of halogens is 3. The van der Waals surface area contributed by atoms with Crippen LogP contribution in [0.15, 0.2) is 17.6 Å². The molecule has 0 aliphatic carbocycles. The van der Waals surface area contributed by atoms with Crippen molar-refractivity contribution in [1.82, 2.24) is 10.3 Å². The lowest BCUT2D eigenvalue weighted by Crippen LogP contribution is -2.13. The van der Waals surface area contributed by atoms with Crippen LogP contribution >= 0.6 is 22.7 Å². The Bertz CT molecular complexity index is 607. The quantitative estimate of drug-likeness (QED) is 0.887. The fourth-order valence-corrected chi connectivity index (χ4v) is 3.01. The van der Waals surface area contributed by atoms with E-state index in [-0.39, 0.29) is 18.0 Å². The number of thiazole rings is 1. The molecule has 0 bridgehead atoms. The number of carboxylic acid groups (broad SMARTS) is 1. The highest BCUT2D eigenvalue weighted by atomic mass is 32.1. The number of carboxylic acids is 1. The molecular formula is C11H9F3N2O2S2. The zero-order valence-electron chi connectivity index (χ0n) is 9.90. The van der Waals surface area contributed by atoms with Crippen molar-refractivity contribution in [1.29, 1.82) is 0 Å². The van der Waals surface area contributed by atoms with Gasteiger partial charge >= 0.3 is 12.1 Å². The van der Waals surface area contributed by atoms with Gasteiger partial charge in [0.1, 0.15) is 4.88 Å². The molecule has 0 unspecified atom stereocenters. The van der Waals surface area contributed by atoms with E-state index in [0.29, 0.717) is 21.8 Å². The second kappa shape index (κ2) is 5.90. The maximum absolute atomic E-state index is 12.4. The van der Waals surface area contributed by atoms with E-state index in [4.69, 9.17) is 5.11 Å². The van der Waals surface area contributed by atoms with E-state index in [1.165, 1.54) is 6.20 Å². The molecule has 0 amide bonds. The molecule has 2 heterocycles. The van der Waals surface area contributed by atoms with Gasteiger partial charge in [-0.15, -0.1) is 22.7 Å². The molecule has 2 aromatic heterocycles. The van der Waals surface area contributed by atoms with Crippen LogP contribution in [0.2, 0.25) is 0 Å². The average molecular weight is 322 g/mol. The second-order valence-corrected chi connectivity index (χ2v) is 5.84. The van der Waals surface area contributed by atoms with Crippen LogP contribution in [-0.2, 0) is 19.3 Å². The van der Waals surface area contributed by atoms with E-state index < -0.39 is 17.2 Å². The number of rotatable bonds is 5. The molecule has 0 saturated carbocycles. The standard InChI is InChI=1S/C11H9F3N2O2S2/c12-11(13,14)10-16-5-7(20-10)4-15-3-6-1-2-19-8(6)9(17)18/h1-2,5,15H,3-4H2,(H,17,18). The molecule has 0 radical (unpaired) electrons. The van der Waals surface area contributed by atoms with Crippen LogP contribution in [0, 0.1) is 0 Å². The summed E-state index contributed by atoms with van der Waals surface area (Å²) in [5, 5.41) is 12.6. The Hall–Kier alpha value is -1.45. The number of aromatic carboxylic acids is 1. The highest BCUT2D eigenvalue weighted by Gasteiger charge is 2.34. The first kappa shape index (κ1) is 14.9. The Morgan fingerprint density at radius 2 is 2.15 bits per heavy atom. The third kappa shape index (κ3) is 3.56. The van der Waals surface area contributed by atoms with Gasteiger partial charge < -0.3 is 10.4 Å². The van der Waals surface area contributed by atoms with Gasteiger partial charge in [-0.05, 0) is 17.0 Å². The number of thiophene rings is 1. The predicted molar refractivity (Wildman–Crippen MR) is 68.9 cm³/mol. The molecule has 0 aliphatic heterocycles. The van der Waals surface area contributed by atoms with E-state index in [1.54, 1.807) is 11.4 Å². The molecule has 4 nitrogen and oxygen atoms in total. The Balaban J connectivity index is 1.91. The second-order valence-electron chi connectivity index (χ2n) is 3.81. The van der Waals surface area contributed by atoms with Crippen LogP contribution in [0.5, 0.6) is 0 Å². The number of alkyl halides is 3. The van der Waals surface area contributed by atoms with Gasteiger partial charge in [0.2, 0.25) is 0 Å². The van der Waals surface area contributed by atoms with Crippen LogP contribution in [0.25, 0.3) is 0 Å². The summed E-state index contributed by atoms with van der Waals surface area (Å²) < 4.78 is 37.1. The Morgan fingerprint density at radius 3 is 2.75 bits per heavy atom. The van der Waals surface area contributed by atoms with Crippen molar-refractivity contribution in [2.75, 3.05) is 0 Å². The molecule has 2 rings (SSSR count). The molecule has 9 heteroatoms. The van der Waals surface area contributed by atoms with E-state index in [0.717, 1.165) is 11.3 Å². The summed E-state index contributed by atoms with van der Waals surface area (Å²) in [5.41, 5.74) is 0.614. The van der Waals surface area contributed by atoms with Gasteiger partial charge in [0.05, 0.1) is 0 Å². The van der Waals surface area contributed by atoms with Gasteiger partial charge in [-0.2, -0.15) is 13.2 Å². The summed E-state index contributed by atoms with van der Waals surface area (Å²) in [7, 11) is 0. The van der Waals surface area contributed by atoms with Crippen molar-refractivity contribution in [3.63, 3.8) is 0 Å². The van der Waals surface area contributed by atoms with Crippen LogP contribution in [0.4, 0.5) is 13.2 Å². The highest BCUT2D eigenvalue weighted by molar-refractivity contribution is 7.12. The molecule has 2 aromatic rings. The smallest absolute Gasteiger partial charge is 0.443 e. The minimum absolute atomic E-state index is 0.211. The zero-order chi connectivity index (χ0) is 14.8. The Morgan fingerprint density at radius 1 is 1.40 bits per heavy atom. The first-order valence-corrected chi connectivity index (χ1v) is 7.10. The molecule has 2 N–H and O–H groups in total. The number of nitrogens with zero attached hydrogens (tertiary/aromatic N) is 1. The third-order valence-corrected chi connectivity index (χ3v) is 4.34. The van der Waals surface area contributed by atoms with Gasteiger partial charge in [-0.1, -0.05) is 0 Å². The molecule has 108 valence electrons. The number of hydrogen-bond acceptors (Lipinski definition) is 5. The third-order valence-electron chi connectivity index (χ3n) is 2.35. The average Bonchev–Trinajstić information content (AvgIpc) is 2.96. The van der Waals surface area contributed by atoms with E-state index in [9.17, 15) is 18.0 Å². The highest BCUT2D eigenvalue weighted by Crippen LogP contribution is 2.32. The maximum atomic E-state index is 12.4. The maximum Gasteiger partial charge on any atom is 0.443 e. The van der Waals surface area contributed by atoms with Crippen molar-refractivity contribution in [2.24, 2.45) is 0 Å².